The lowest BCUT2D eigenvalue weighted by molar-refractivity contribution is -0.140. The largest absolute Gasteiger partial charge is 0.480 e. The quantitative estimate of drug-likeness (QED) is 0.653. The summed E-state index contributed by atoms with van der Waals surface area (Å²) in [5.74, 6) is -1.10. The number of nitrogens with one attached hydrogen (secondary N) is 2. The smallest absolute Gasteiger partial charge is 0.330 e. The summed E-state index contributed by atoms with van der Waals surface area (Å²) in [6.07, 6.45) is 0.700. The maximum atomic E-state index is 11.8. The van der Waals surface area contributed by atoms with Gasteiger partial charge < -0.3 is 15.3 Å². The van der Waals surface area contributed by atoms with Crippen LogP contribution in [0.15, 0.2) is 0 Å². The number of hydrazine groups is 1. The van der Waals surface area contributed by atoms with Crippen molar-refractivity contribution in [2.45, 2.75) is 26.3 Å². The minimum absolute atomic E-state index is 0.101. The Bertz CT molecular complexity index is 316. The first kappa shape index (κ1) is 15.7. The molecule has 19 heavy (non-hydrogen) atoms. The van der Waals surface area contributed by atoms with Crippen LogP contribution in [0.25, 0.3) is 0 Å². The van der Waals surface area contributed by atoms with Gasteiger partial charge in [0.1, 0.15) is 6.04 Å². The van der Waals surface area contributed by atoms with Crippen molar-refractivity contribution in [3.63, 3.8) is 0 Å². The minimum Gasteiger partial charge on any atom is -0.480 e. The second-order valence-corrected chi connectivity index (χ2v) is 5.08. The van der Waals surface area contributed by atoms with Gasteiger partial charge in [0.05, 0.1) is 0 Å². The van der Waals surface area contributed by atoms with Crippen LogP contribution in [0.2, 0.25) is 0 Å². The molecule has 1 heterocycles. The molecule has 0 aromatic heterocycles. The zero-order valence-corrected chi connectivity index (χ0v) is 11.8. The first-order valence-corrected chi connectivity index (χ1v) is 6.67. The number of carboxylic acid groups (broad SMARTS) is 1. The van der Waals surface area contributed by atoms with Crippen LogP contribution in [-0.2, 0) is 4.79 Å². The maximum absolute atomic E-state index is 11.8. The monoisotopic (exact) mass is 272 g/mol. The van der Waals surface area contributed by atoms with Gasteiger partial charge >= 0.3 is 12.0 Å². The Morgan fingerprint density at radius 1 is 1.26 bits per heavy atom. The highest BCUT2D eigenvalue weighted by atomic mass is 16.4. The molecule has 1 aliphatic heterocycles. The molecule has 7 heteroatoms. The Labute approximate surface area is 113 Å². The van der Waals surface area contributed by atoms with Gasteiger partial charge in [0.2, 0.25) is 0 Å². The first-order chi connectivity index (χ1) is 8.93. The fourth-order valence-electron chi connectivity index (χ4n) is 1.92. The minimum atomic E-state index is -0.997. The predicted molar refractivity (Wildman–Crippen MR) is 71.6 cm³/mol. The van der Waals surface area contributed by atoms with E-state index in [-0.39, 0.29) is 5.92 Å². The molecule has 1 fully saturated rings. The molecule has 0 aromatic carbocycles. The normalized spacial score (nSPS) is 20.6. The van der Waals surface area contributed by atoms with Crippen LogP contribution in [0.5, 0.6) is 0 Å². The van der Waals surface area contributed by atoms with Crippen LogP contribution in [0.1, 0.15) is 20.3 Å². The molecule has 2 amide bonds. The Kier molecular flexibility index (Phi) is 6.04. The van der Waals surface area contributed by atoms with Crippen LogP contribution in [0.3, 0.4) is 0 Å². The highest BCUT2D eigenvalue weighted by Gasteiger charge is 2.26. The van der Waals surface area contributed by atoms with Crippen molar-refractivity contribution in [3.05, 3.63) is 0 Å². The third kappa shape index (κ3) is 5.04. The van der Waals surface area contributed by atoms with Crippen molar-refractivity contribution < 1.29 is 14.7 Å². The number of amides is 2. The van der Waals surface area contributed by atoms with Gasteiger partial charge in [0.25, 0.3) is 0 Å². The Morgan fingerprint density at radius 3 is 2.32 bits per heavy atom. The Morgan fingerprint density at radius 2 is 1.84 bits per heavy atom. The summed E-state index contributed by atoms with van der Waals surface area (Å²) in [4.78, 5) is 25.1. The number of urea groups is 1. The number of likely N-dealkylation sites (N-methyl/N-ethyl adjacent to an activating group) is 1. The summed E-state index contributed by atoms with van der Waals surface area (Å²) in [7, 11) is 2.03. The zero-order valence-electron chi connectivity index (χ0n) is 11.8. The second kappa shape index (κ2) is 7.30. The number of piperazine rings is 1. The molecule has 1 rings (SSSR count). The number of carbonyl (C=O) groups excluding carboxylic acids is 1. The fraction of sp³-hybridized carbons (Fsp3) is 0.833. The summed E-state index contributed by atoms with van der Waals surface area (Å²) in [5.41, 5.74) is 2.70. The summed E-state index contributed by atoms with van der Waals surface area (Å²) >= 11 is 0. The van der Waals surface area contributed by atoms with E-state index in [1.54, 1.807) is 0 Å². The highest BCUT2D eigenvalue weighted by Crippen LogP contribution is 2.07. The molecule has 3 N–H and O–H groups in total. The van der Waals surface area contributed by atoms with E-state index in [0.717, 1.165) is 26.2 Å². The average molecular weight is 272 g/mol. The molecule has 1 aliphatic rings. The third-order valence-corrected chi connectivity index (χ3v) is 3.53. The van der Waals surface area contributed by atoms with Crippen LogP contribution in [0.4, 0.5) is 4.79 Å². The van der Waals surface area contributed by atoms with Gasteiger partial charge in [-0.25, -0.2) is 14.6 Å². The molecule has 1 saturated heterocycles. The molecule has 1 unspecified atom stereocenters. The summed E-state index contributed by atoms with van der Waals surface area (Å²) < 4.78 is 0. The SMILES string of the molecule is CCC(C)[C@H](NC(=O)NN1CCN(C)CC1)C(=O)O. The van der Waals surface area contributed by atoms with Crippen LogP contribution < -0.4 is 10.7 Å². The van der Waals surface area contributed by atoms with Crippen molar-refractivity contribution in [1.29, 1.82) is 0 Å². The van der Waals surface area contributed by atoms with Crippen molar-refractivity contribution in [2.75, 3.05) is 33.2 Å². The van der Waals surface area contributed by atoms with Gasteiger partial charge in [-0.05, 0) is 13.0 Å². The number of carbonyl (C=O) groups is 2. The topological polar surface area (TPSA) is 84.9 Å². The van der Waals surface area contributed by atoms with Gasteiger partial charge in [0, 0.05) is 26.2 Å². The Hall–Kier alpha value is -1.34. The van der Waals surface area contributed by atoms with Crippen molar-refractivity contribution in [3.8, 4) is 0 Å². The number of hydrogen-bond acceptors (Lipinski definition) is 4. The third-order valence-electron chi connectivity index (χ3n) is 3.53. The first-order valence-electron chi connectivity index (χ1n) is 6.67. The molecule has 0 aliphatic carbocycles. The van der Waals surface area contributed by atoms with E-state index in [0.29, 0.717) is 6.42 Å². The molecule has 0 spiro atoms. The molecule has 0 aromatic rings. The van der Waals surface area contributed by atoms with Gasteiger partial charge in [-0.2, -0.15) is 0 Å². The number of aliphatic carboxylic acids is 1. The van der Waals surface area contributed by atoms with E-state index in [1.165, 1.54) is 0 Å². The zero-order chi connectivity index (χ0) is 14.4. The average Bonchev–Trinajstić information content (AvgIpc) is 2.37. The van der Waals surface area contributed by atoms with Crippen LogP contribution >= 0.6 is 0 Å². The number of hydrogen-bond donors (Lipinski definition) is 3. The van der Waals surface area contributed by atoms with Crippen LogP contribution in [-0.4, -0.2) is 66.3 Å². The second-order valence-electron chi connectivity index (χ2n) is 5.08. The summed E-state index contributed by atoms with van der Waals surface area (Å²) in [5, 5.41) is 13.4. The lowest BCUT2D eigenvalue weighted by Gasteiger charge is -2.32. The van der Waals surface area contributed by atoms with Crippen molar-refractivity contribution in [1.82, 2.24) is 20.7 Å². The Balaban J connectivity index is 2.42. The highest BCUT2D eigenvalue weighted by molar-refractivity contribution is 5.82. The van der Waals surface area contributed by atoms with E-state index < -0.39 is 18.0 Å². The molecule has 0 bridgehead atoms. The molecule has 2 atom stereocenters. The van der Waals surface area contributed by atoms with Crippen molar-refractivity contribution in [2.24, 2.45) is 5.92 Å². The van der Waals surface area contributed by atoms with Gasteiger partial charge in [-0.1, -0.05) is 20.3 Å². The molecule has 0 saturated carbocycles. The van der Waals surface area contributed by atoms with E-state index in [1.807, 2.05) is 25.9 Å². The van der Waals surface area contributed by atoms with Gasteiger partial charge in [0.15, 0.2) is 0 Å². The van der Waals surface area contributed by atoms with E-state index in [4.69, 9.17) is 5.11 Å². The predicted octanol–water partition coefficient (Wildman–Crippen LogP) is -0.0527. The van der Waals surface area contributed by atoms with E-state index >= 15 is 0 Å². The molecule has 110 valence electrons. The van der Waals surface area contributed by atoms with Crippen molar-refractivity contribution >= 4 is 12.0 Å². The standard InChI is InChI=1S/C12H24N4O3/c1-4-9(2)10(11(17)18)13-12(19)14-16-7-5-15(3)6-8-16/h9-10H,4-8H2,1-3H3,(H,17,18)(H2,13,14,19)/t9?,10-/m0/s1. The fourth-order valence-corrected chi connectivity index (χ4v) is 1.92. The number of rotatable bonds is 5. The van der Waals surface area contributed by atoms with E-state index in [2.05, 4.69) is 15.6 Å². The lowest BCUT2D eigenvalue weighted by atomic mass is 10.00. The molecular weight excluding hydrogens is 248 g/mol. The maximum Gasteiger partial charge on any atom is 0.330 e. The number of nitrogens with zero attached hydrogens (tertiary/aromatic N) is 2. The van der Waals surface area contributed by atoms with Crippen LogP contribution in [0, 0.1) is 5.92 Å². The summed E-state index contributed by atoms with van der Waals surface area (Å²) in [6.45, 7) is 6.97. The molecule has 0 radical (unpaired) electrons. The summed E-state index contributed by atoms with van der Waals surface area (Å²) in [6, 6.07) is -1.30. The number of carboxylic acids is 1. The molecule has 7 nitrogen and oxygen atoms in total. The van der Waals surface area contributed by atoms with E-state index in [9.17, 15) is 9.59 Å². The molecular formula is C12H24N4O3. The van der Waals surface area contributed by atoms with Gasteiger partial charge in [-0.3, -0.25) is 5.43 Å². The lowest BCUT2D eigenvalue weighted by Crippen LogP contribution is -2.57. The van der Waals surface area contributed by atoms with Gasteiger partial charge in [-0.15, -0.1) is 0 Å².